The molecule has 8 nitrogen and oxygen atoms in total. The Morgan fingerprint density at radius 3 is 1.37 bits per heavy atom. The standard InChI is InChI=1S/C13H8FNO.C13H7FNO.2C11H8N.2CH4O.CH4.2Ir/c2*14-10-3-1-9(2-4-10)13-11-6-8-16-12(11)5-7-15-13;2*1-2-6-10(7-3-1)11-8-4-5-9-12-11;2*1-2;;;/h1-8H;1,3-8H;2*1-6,8-9H;2*2H,1H3;1H4;;/q;3*-1;;;;;. The number of rotatable bonds is 4. The number of aliphatic hydroxyl groups is 2. The van der Waals surface area contributed by atoms with Crippen LogP contribution in [0.2, 0.25) is 0 Å². The molecule has 2 radical (unpaired) electrons. The van der Waals surface area contributed by atoms with Crippen LogP contribution in [0.15, 0.2) is 198 Å². The summed E-state index contributed by atoms with van der Waals surface area (Å²) in [7, 11) is 2.00. The van der Waals surface area contributed by atoms with Crippen LogP contribution in [0.5, 0.6) is 0 Å². The summed E-state index contributed by atoms with van der Waals surface area (Å²) in [4.78, 5) is 17.0. The van der Waals surface area contributed by atoms with Gasteiger partial charge in [-0.15, -0.1) is 102 Å². The minimum atomic E-state index is -0.303. The Morgan fingerprint density at radius 1 is 0.444 bits per heavy atom. The van der Waals surface area contributed by atoms with Crippen molar-refractivity contribution in [3.8, 4) is 45.0 Å². The van der Waals surface area contributed by atoms with E-state index in [0.717, 1.165) is 81.2 Å². The Morgan fingerprint density at radius 2 is 0.921 bits per heavy atom. The van der Waals surface area contributed by atoms with Crippen LogP contribution in [0.3, 0.4) is 0 Å². The molecule has 0 saturated heterocycles. The maximum atomic E-state index is 12.8. The molecule has 0 aliphatic heterocycles. The molecule has 0 aliphatic rings. The zero-order chi connectivity index (χ0) is 42.4. The Hall–Kier alpha value is -6.36. The van der Waals surface area contributed by atoms with Gasteiger partial charge in [0.15, 0.2) is 0 Å². The zero-order valence-corrected chi connectivity index (χ0v) is 38.1. The Kier molecular flexibility index (Phi) is 24.3. The maximum absolute atomic E-state index is 12.8. The van der Waals surface area contributed by atoms with Gasteiger partial charge in [-0.25, -0.2) is 4.39 Å². The van der Waals surface area contributed by atoms with Gasteiger partial charge in [0, 0.05) is 101 Å². The SMILES string of the molecule is C.CO.CO.Fc1c[c-]c(-c2nccc3occc23)cc1.Fc1ccc(-c2nccc3occc23)cc1.[Ir].[Ir].[c-]1ccccc1-c1ccccn1.[c-]1ccccc1-c1ccccn1. The molecule has 10 rings (SSSR count). The van der Waals surface area contributed by atoms with E-state index in [4.69, 9.17) is 19.0 Å². The molecule has 0 spiro atoms. The summed E-state index contributed by atoms with van der Waals surface area (Å²) < 4.78 is 36.2. The number of halogens is 2. The fourth-order valence-electron chi connectivity index (χ4n) is 5.54. The quantitative estimate of drug-likeness (QED) is 0.167. The normalized spacial score (nSPS) is 9.37. The third kappa shape index (κ3) is 15.5. The van der Waals surface area contributed by atoms with Crippen LogP contribution in [0.4, 0.5) is 8.78 Å². The van der Waals surface area contributed by atoms with Crippen molar-refractivity contribution in [2.24, 2.45) is 0 Å². The van der Waals surface area contributed by atoms with Crippen LogP contribution in [0.1, 0.15) is 7.43 Å². The molecular weight excluding hydrogens is 1160 g/mol. The molecule has 4 aromatic carbocycles. The number of pyridine rings is 4. The number of aromatic nitrogens is 4. The fourth-order valence-corrected chi connectivity index (χ4v) is 5.54. The van der Waals surface area contributed by atoms with E-state index in [1.54, 1.807) is 61.6 Å². The summed E-state index contributed by atoms with van der Waals surface area (Å²) in [6, 6.07) is 54.4. The van der Waals surface area contributed by atoms with Gasteiger partial charge >= 0.3 is 0 Å². The topological polar surface area (TPSA) is 118 Å². The minimum absolute atomic E-state index is 0. The first-order valence-electron chi connectivity index (χ1n) is 18.4. The summed E-state index contributed by atoms with van der Waals surface area (Å²) in [5.74, 6) is -0.550. The second kappa shape index (κ2) is 29.0. The van der Waals surface area contributed by atoms with Crippen molar-refractivity contribution in [3.05, 3.63) is 219 Å². The van der Waals surface area contributed by atoms with E-state index < -0.39 is 0 Å². The number of aliphatic hydroxyl groups excluding tert-OH is 2. The third-order valence-electron chi connectivity index (χ3n) is 8.21. The van der Waals surface area contributed by atoms with E-state index in [0.29, 0.717) is 0 Å². The molecule has 12 heteroatoms. The van der Waals surface area contributed by atoms with Crippen LogP contribution in [-0.4, -0.2) is 44.4 Å². The first-order chi connectivity index (χ1) is 29.6. The van der Waals surface area contributed by atoms with E-state index in [-0.39, 0.29) is 59.3 Å². The number of furan rings is 2. The average molecular weight is 1200 g/mol. The Bertz CT molecular complexity index is 2440. The fraction of sp³-hybridized carbons (Fsp3) is 0.0588. The van der Waals surface area contributed by atoms with Gasteiger partial charge in [0.2, 0.25) is 0 Å². The minimum Gasteiger partial charge on any atom is -0.465 e. The first-order valence-corrected chi connectivity index (χ1v) is 18.4. The Labute approximate surface area is 393 Å². The molecule has 0 amide bonds. The molecular formula is C51H43F2Ir2N4O4-3. The van der Waals surface area contributed by atoms with E-state index in [9.17, 15) is 8.78 Å². The zero-order valence-electron chi connectivity index (χ0n) is 33.3. The van der Waals surface area contributed by atoms with Crippen molar-refractivity contribution in [2.75, 3.05) is 14.2 Å². The van der Waals surface area contributed by atoms with Crippen molar-refractivity contribution in [3.63, 3.8) is 0 Å². The second-order valence-electron chi connectivity index (χ2n) is 11.9. The van der Waals surface area contributed by atoms with Crippen molar-refractivity contribution >= 4 is 21.9 Å². The van der Waals surface area contributed by atoms with Gasteiger partial charge < -0.3 is 34.0 Å². The molecule has 326 valence electrons. The monoisotopic (exact) mass is 1200 g/mol. The van der Waals surface area contributed by atoms with Gasteiger partial charge in [0.1, 0.15) is 17.0 Å². The van der Waals surface area contributed by atoms with Crippen LogP contribution in [0.25, 0.3) is 67.0 Å². The van der Waals surface area contributed by atoms with Gasteiger partial charge in [0.05, 0.1) is 18.2 Å². The van der Waals surface area contributed by atoms with Gasteiger partial charge in [-0.2, -0.15) is 0 Å². The summed E-state index contributed by atoms with van der Waals surface area (Å²) in [5.41, 5.74) is 8.78. The third-order valence-corrected chi connectivity index (χ3v) is 8.21. The van der Waals surface area contributed by atoms with Gasteiger partial charge in [-0.05, 0) is 77.7 Å². The molecule has 0 unspecified atom stereocenters. The molecule has 6 heterocycles. The van der Waals surface area contributed by atoms with Gasteiger partial charge in [-0.1, -0.05) is 31.7 Å². The maximum Gasteiger partial charge on any atom is 0.137 e. The molecule has 0 atom stereocenters. The predicted molar refractivity (Wildman–Crippen MR) is 238 cm³/mol. The van der Waals surface area contributed by atoms with Crippen LogP contribution >= 0.6 is 0 Å². The second-order valence-corrected chi connectivity index (χ2v) is 11.9. The molecule has 0 saturated carbocycles. The summed E-state index contributed by atoms with van der Waals surface area (Å²) in [6.45, 7) is 0. The molecule has 0 fully saturated rings. The van der Waals surface area contributed by atoms with E-state index in [1.807, 2.05) is 103 Å². The summed E-state index contributed by atoms with van der Waals surface area (Å²) in [5, 5.41) is 15.8. The average Bonchev–Trinajstić information content (AvgIpc) is 4.04. The number of hydrogen-bond donors (Lipinski definition) is 2. The van der Waals surface area contributed by atoms with Crippen LogP contribution < -0.4 is 0 Å². The molecule has 0 aliphatic carbocycles. The van der Waals surface area contributed by atoms with Gasteiger partial charge in [-0.3, -0.25) is 9.37 Å². The smallest absolute Gasteiger partial charge is 0.137 e. The van der Waals surface area contributed by atoms with Gasteiger partial charge in [0.25, 0.3) is 0 Å². The van der Waals surface area contributed by atoms with Crippen LogP contribution in [0, 0.1) is 29.8 Å². The molecule has 2 N–H and O–H groups in total. The van der Waals surface area contributed by atoms with E-state index >= 15 is 0 Å². The van der Waals surface area contributed by atoms with Crippen molar-refractivity contribution < 1.29 is 68.0 Å². The van der Waals surface area contributed by atoms with E-state index in [1.165, 1.54) is 24.3 Å². The largest absolute Gasteiger partial charge is 0.465 e. The number of nitrogens with zero attached hydrogens (tertiary/aromatic N) is 4. The number of hydrogen-bond acceptors (Lipinski definition) is 8. The van der Waals surface area contributed by atoms with Crippen molar-refractivity contribution in [2.45, 2.75) is 7.43 Å². The summed E-state index contributed by atoms with van der Waals surface area (Å²) in [6.07, 6.45) is 10.2. The van der Waals surface area contributed by atoms with Crippen molar-refractivity contribution in [1.29, 1.82) is 0 Å². The molecule has 0 bridgehead atoms. The van der Waals surface area contributed by atoms with Crippen molar-refractivity contribution in [1.82, 2.24) is 19.9 Å². The summed E-state index contributed by atoms with van der Waals surface area (Å²) >= 11 is 0. The predicted octanol–water partition coefficient (Wildman–Crippen LogP) is 12.0. The molecule has 63 heavy (non-hydrogen) atoms. The molecule has 10 aromatic rings. The number of benzene rings is 4. The molecule has 6 aromatic heterocycles. The number of fused-ring (bicyclic) bond motifs is 2. The Balaban J connectivity index is 0.000000279. The van der Waals surface area contributed by atoms with E-state index in [2.05, 4.69) is 38.1 Å². The van der Waals surface area contributed by atoms with Crippen LogP contribution in [-0.2, 0) is 40.2 Å². The first kappa shape index (κ1) is 52.8.